The summed E-state index contributed by atoms with van der Waals surface area (Å²) in [6, 6.07) is 8.49. The molecule has 1 rings (SSSR count). The number of aliphatic hydroxyl groups is 1. The van der Waals surface area contributed by atoms with Crippen LogP contribution in [0.4, 0.5) is 0 Å². The Kier molecular flexibility index (Phi) is 4.63. The molecule has 0 aliphatic heterocycles. The number of nitrogens with two attached hydrogens (primary N) is 1. The van der Waals surface area contributed by atoms with Gasteiger partial charge in [0.05, 0.1) is 6.10 Å². The van der Waals surface area contributed by atoms with Gasteiger partial charge < -0.3 is 10.8 Å². The van der Waals surface area contributed by atoms with Crippen molar-refractivity contribution in [3.8, 4) is 0 Å². The third-order valence-corrected chi connectivity index (χ3v) is 2.36. The molecule has 1 aromatic carbocycles. The smallest absolute Gasteiger partial charge is 0.0662 e. The van der Waals surface area contributed by atoms with Gasteiger partial charge in [0, 0.05) is 6.54 Å². The summed E-state index contributed by atoms with van der Waals surface area (Å²) in [5, 5.41) is 9.27. The quantitative estimate of drug-likeness (QED) is 0.746. The van der Waals surface area contributed by atoms with Gasteiger partial charge in [-0.3, -0.25) is 0 Å². The maximum Gasteiger partial charge on any atom is 0.0662 e. The highest BCUT2D eigenvalue weighted by atomic mass is 16.3. The van der Waals surface area contributed by atoms with Crippen molar-refractivity contribution in [1.29, 1.82) is 0 Å². The Morgan fingerprint density at radius 2 is 2.21 bits per heavy atom. The van der Waals surface area contributed by atoms with Crippen LogP contribution in [-0.2, 0) is 6.42 Å². The van der Waals surface area contributed by atoms with Crippen LogP contribution in [0.1, 0.15) is 24.0 Å². The highest BCUT2D eigenvalue weighted by Crippen LogP contribution is 2.08. The molecule has 0 saturated heterocycles. The molecule has 2 heteroatoms. The van der Waals surface area contributed by atoms with Crippen LogP contribution in [0, 0.1) is 6.92 Å². The molecular formula is C12H19NO. The number of rotatable bonds is 5. The molecule has 1 aromatic rings. The van der Waals surface area contributed by atoms with E-state index in [0.29, 0.717) is 6.54 Å². The van der Waals surface area contributed by atoms with E-state index >= 15 is 0 Å². The van der Waals surface area contributed by atoms with E-state index in [4.69, 9.17) is 5.73 Å². The Labute approximate surface area is 85.8 Å². The first-order valence-corrected chi connectivity index (χ1v) is 5.16. The molecule has 1 atom stereocenters. The summed E-state index contributed by atoms with van der Waals surface area (Å²) in [6.45, 7) is 2.46. The second-order valence-electron chi connectivity index (χ2n) is 3.77. The van der Waals surface area contributed by atoms with Crippen LogP contribution < -0.4 is 5.73 Å². The molecule has 0 radical (unpaired) electrons. The number of hydrogen-bond acceptors (Lipinski definition) is 2. The lowest BCUT2D eigenvalue weighted by Crippen LogP contribution is -2.19. The number of aryl methyl sites for hydroxylation is 2. The van der Waals surface area contributed by atoms with Crippen molar-refractivity contribution in [2.24, 2.45) is 5.73 Å². The molecule has 0 saturated carbocycles. The summed E-state index contributed by atoms with van der Waals surface area (Å²) in [5.41, 5.74) is 7.96. The molecule has 2 nitrogen and oxygen atoms in total. The Bertz CT molecular complexity index is 273. The fraction of sp³-hybridized carbons (Fsp3) is 0.500. The lowest BCUT2D eigenvalue weighted by atomic mass is 10.0. The molecule has 0 bridgehead atoms. The minimum absolute atomic E-state index is 0.334. The fourth-order valence-corrected chi connectivity index (χ4v) is 1.53. The first-order chi connectivity index (χ1) is 6.72. The Balaban J connectivity index is 2.31. The normalized spacial score (nSPS) is 12.8. The molecule has 78 valence electrons. The highest BCUT2D eigenvalue weighted by Gasteiger charge is 2.00. The van der Waals surface area contributed by atoms with E-state index < -0.39 is 0 Å². The third-order valence-electron chi connectivity index (χ3n) is 2.36. The molecule has 0 amide bonds. The van der Waals surface area contributed by atoms with E-state index in [1.165, 1.54) is 11.1 Å². The van der Waals surface area contributed by atoms with E-state index in [1.54, 1.807) is 0 Å². The second kappa shape index (κ2) is 5.78. The summed E-state index contributed by atoms with van der Waals surface area (Å²) >= 11 is 0. The Hall–Kier alpha value is -0.860. The lowest BCUT2D eigenvalue weighted by molar-refractivity contribution is 0.170. The van der Waals surface area contributed by atoms with Crippen LogP contribution >= 0.6 is 0 Å². The van der Waals surface area contributed by atoms with Crippen molar-refractivity contribution >= 4 is 0 Å². The van der Waals surface area contributed by atoms with Crippen molar-refractivity contribution in [1.82, 2.24) is 0 Å². The zero-order chi connectivity index (χ0) is 10.4. The van der Waals surface area contributed by atoms with E-state index in [1.807, 2.05) is 0 Å². The molecule has 0 aliphatic rings. The third kappa shape index (κ3) is 3.90. The molecule has 0 spiro atoms. The highest BCUT2D eigenvalue weighted by molar-refractivity contribution is 5.22. The van der Waals surface area contributed by atoms with Gasteiger partial charge >= 0.3 is 0 Å². The summed E-state index contributed by atoms with van der Waals surface area (Å²) in [6.07, 6.45) is 2.49. The number of aliphatic hydroxyl groups excluding tert-OH is 1. The van der Waals surface area contributed by atoms with Gasteiger partial charge in [-0.2, -0.15) is 0 Å². The predicted octanol–water partition coefficient (Wildman–Crippen LogP) is 1.64. The fourth-order valence-electron chi connectivity index (χ4n) is 1.53. The van der Waals surface area contributed by atoms with E-state index in [-0.39, 0.29) is 6.10 Å². The van der Waals surface area contributed by atoms with Crippen LogP contribution in [0.3, 0.4) is 0 Å². The first-order valence-electron chi connectivity index (χ1n) is 5.16. The van der Waals surface area contributed by atoms with Crippen molar-refractivity contribution in [2.75, 3.05) is 6.54 Å². The average Bonchev–Trinajstić information content (AvgIpc) is 2.17. The topological polar surface area (TPSA) is 46.2 Å². The minimum atomic E-state index is -0.334. The molecule has 0 aliphatic carbocycles. The molecule has 0 heterocycles. The summed E-state index contributed by atoms with van der Waals surface area (Å²) in [5.74, 6) is 0. The first kappa shape index (κ1) is 11.2. The number of hydrogen-bond donors (Lipinski definition) is 2. The van der Waals surface area contributed by atoms with Gasteiger partial charge in [-0.05, 0) is 31.7 Å². The van der Waals surface area contributed by atoms with Crippen LogP contribution in [0.2, 0.25) is 0 Å². The molecule has 14 heavy (non-hydrogen) atoms. The zero-order valence-corrected chi connectivity index (χ0v) is 8.74. The van der Waals surface area contributed by atoms with Gasteiger partial charge in [0.15, 0.2) is 0 Å². The van der Waals surface area contributed by atoms with E-state index in [0.717, 1.165) is 19.3 Å². The molecule has 0 aromatic heterocycles. The maximum absolute atomic E-state index is 9.27. The summed E-state index contributed by atoms with van der Waals surface area (Å²) in [4.78, 5) is 0. The van der Waals surface area contributed by atoms with Gasteiger partial charge in [-0.25, -0.2) is 0 Å². The standard InChI is InChI=1S/C12H19NO/c1-10-4-2-5-11(8-10)6-3-7-12(14)9-13/h2,4-5,8,12,14H,3,6-7,9,13H2,1H3. The zero-order valence-electron chi connectivity index (χ0n) is 8.74. The molecule has 1 unspecified atom stereocenters. The Morgan fingerprint density at radius 1 is 1.43 bits per heavy atom. The van der Waals surface area contributed by atoms with Crippen molar-refractivity contribution < 1.29 is 5.11 Å². The van der Waals surface area contributed by atoms with E-state index in [9.17, 15) is 5.11 Å². The van der Waals surface area contributed by atoms with Crippen LogP contribution in [-0.4, -0.2) is 17.8 Å². The van der Waals surface area contributed by atoms with Crippen molar-refractivity contribution in [2.45, 2.75) is 32.3 Å². The minimum Gasteiger partial charge on any atom is -0.392 e. The molecule has 3 N–H and O–H groups in total. The largest absolute Gasteiger partial charge is 0.392 e. The van der Waals surface area contributed by atoms with Gasteiger partial charge in [-0.15, -0.1) is 0 Å². The molecular weight excluding hydrogens is 174 g/mol. The van der Waals surface area contributed by atoms with Gasteiger partial charge in [0.2, 0.25) is 0 Å². The number of benzene rings is 1. The van der Waals surface area contributed by atoms with Gasteiger partial charge in [-0.1, -0.05) is 29.8 Å². The average molecular weight is 193 g/mol. The second-order valence-corrected chi connectivity index (χ2v) is 3.77. The van der Waals surface area contributed by atoms with Crippen LogP contribution in [0.15, 0.2) is 24.3 Å². The lowest BCUT2D eigenvalue weighted by Gasteiger charge is -2.07. The maximum atomic E-state index is 9.27. The SMILES string of the molecule is Cc1cccc(CCCC(O)CN)c1. The van der Waals surface area contributed by atoms with Crippen molar-refractivity contribution in [3.05, 3.63) is 35.4 Å². The Morgan fingerprint density at radius 3 is 2.86 bits per heavy atom. The molecule has 0 fully saturated rings. The van der Waals surface area contributed by atoms with Crippen LogP contribution in [0.25, 0.3) is 0 Å². The van der Waals surface area contributed by atoms with E-state index in [2.05, 4.69) is 31.2 Å². The summed E-state index contributed by atoms with van der Waals surface area (Å²) < 4.78 is 0. The van der Waals surface area contributed by atoms with Gasteiger partial charge in [0.1, 0.15) is 0 Å². The van der Waals surface area contributed by atoms with Crippen molar-refractivity contribution in [3.63, 3.8) is 0 Å². The van der Waals surface area contributed by atoms with Crippen LogP contribution in [0.5, 0.6) is 0 Å². The van der Waals surface area contributed by atoms with Gasteiger partial charge in [0.25, 0.3) is 0 Å². The monoisotopic (exact) mass is 193 g/mol. The predicted molar refractivity (Wildman–Crippen MR) is 59.2 cm³/mol. The summed E-state index contributed by atoms with van der Waals surface area (Å²) in [7, 11) is 0.